The van der Waals surface area contributed by atoms with Crippen molar-refractivity contribution in [1.82, 2.24) is 4.72 Å². The summed E-state index contributed by atoms with van der Waals surface area (Å²) >= 11 is 2.65. The summed E-state index contributed by atoms with van der Waals surface area (Å²) in [6, 6.07) is 6.62. The Labute approximate surface area is 114 Å². The predicted octanol–water partition coefficient (Wildman–Crippen LogP) is 2.21. The van der Waals surface area contributed by atoms with Gasteiger partial charge in [-0.1, -0.05) is 12.1 Å². The molecule has 0 fully saturated rings. The van der Waals surface area contributed by atoms with Crippen molar-refractivity contribution in [3.63, 3.8) is 0 Å². The lowest BCUT2D eigenvalue weighted by atomic mass is 10.2. The number of rotatable bonds is 6. The first-order valence-corrected chi connectivity index (χ1v) is 8.58. The summed E-state index contributed by atoms with van der Waals surface area (Å²) in [4.78, 5) is 0.907. The van der Waals surface area contributed by atoms with Crippen LogP contribution in [0, 0.1) is 0 Å². The predicted molar refractivity (Wildman–Crippen MR) is 73.4 cm³/mol. The zero-order valence-corrected chi connectivity index (χ0v) is 11.9. The number of aliphatic hydroxyl groups is 1. The zero-order valence-electron chi connectivity index (χ0n) is 9.44. The minimum atomic E-state index is -3.50. The van der Waals surface area contributed by atoms with Gasteiger partial charge in [0, 0.05) is 11.5 Å². The van der Waals surface area contributed by atoms with E-state index in [1.807, 2.05) is 17.5 Å². The molecule has 0 unspecified atom stereocenters. The fourth-order valence-corrected chi connectivity index (χ4v) is 4.69. The lowest BCUT2D eigenvalue weighted by Crippen LogP contribution is -2.28. The van der Waals surface area contributed by atoms with Crippen LogP contribution in [0.3, 0.4) is 0 Å². The second-order valence-corrected chi connectivity index (χ2v) is 7.50. The largest absolute Gasteiger partial charge is 0.396 e. The van der Waals surface area contributed by atoms with Gasteiger partial charge in [-0.25, -0.2) is 13.1 Å². The molecule has 4 nitrogen and oxygen atoms in total. The van der Waals surface area contributed by atoms with Crippen molar-refractivity contribution < 1.29 is 13.5 Å². The van der Waals surface area contributed by atoms with Crippen LogP contribution in [0.15, 0.2) is 39.2 Å². The summed E-state index contributed by atoms with van der Waals surface area (Å²) in [7, 11) is -3.50. The molecule has 0 aromatic carbocycles. The summed E-state index contributed by atoms with van der Waals surface area (Å²) in [6.07, 6.45) is 0.366. The van der Waals surface area contributed by atoms with Crippen LogP contribution in [0.25, 0.3) is 0 Å². The molecule has 0 aliphatic carbocycles. The average molecular weight is 303 g/mol. The van der Waals surface area contributed by atoms with Crippen LogP contribution in [-0.2, 0) is 10.0 Å². The fraction of sp³-hybridized carbons (Fsp3) is 0.273. The molecule has 1 atom stereocenters. The molecule has 98 valence electrons. The summed E-state index contributed by atoms with van der Waals surface area (Å²) in [5, 5.41) is 12.6. The molecule has 2 N–H and O–H groups in total. The summed E-state index contributed by atoms with van der Waals surface area (Å²) < 4.78 is 27.1. The van der Waals surface area contributed by atoms with Gasteiger partial charge >= 0.3 is 0 Å². The molecule has 7 heteroatoms. The molecule has 18 heavy (non-hydrogen) atoms. The minimum Gasteiger partial charge on any atom is -0.396 e. The highest BCUT2D eigenvalue weighted by Crippen LogP contribution is 2.25. The molecule has 0 saturated heterocycles. The Morgan fingerprint density at radius 1 is 1.22 bits per heavy atom. The van der Waals surface area contributed by atoms with E-state index in [0.29, 0.717) is 10.6 Å². The number of hydrogen-bond acceptors (Lipinski definition) is 5. The van der Waals surface area contributed by atoms with E-state index in [1.54, 1.807) is 17.5 Å². The van der Waals surface area contributed by atoms with Gasteiger partial charge in [-0.05, 0) is 29.3 Å². The number of hydrogen-bond donors (Lipinski definition) is 2. The van der Waals surface area contributed by atoms with Crippen molar-refractivity contribution in [3.05, 3.63) is 39.9 Å². The molecule has 0 aliphatic rings. The lowest BCUT2D eigenvalue weighted by Gasteiger charge is -2.15. The number of thiophene rings is 2. The summed E-state index contributed by atoms with van der Waals surface area (Å²) in [5.74, 6) is 0. The maximum atomic E-state index is 12.1. The van der Waals surface area contributed by atoms with Gasteiger partial charge in [0.2, 0.25) is 0 Å². The summed E-state index contributed by atoms with van der Waals surface area (Å²) in [5.41, 5.74) is 0. The van der Waals surface area contributed by atoms with Crippen LogP contribution in [0.4, 0.5) is 0 Å². The van der Waals surface area contributed by atoms with Crippen molar-refractivity contribution in [2.75, 3.05) is 6.61 Å². The molecule has 0 saturated carbocycles. The van der Waals surface area contributed by atoms with Crippen molar-refractivity contribution in [2.45, 2.75) is 16.7 Å². The van der Waals surface area contributed by atoms with E-state index in [1.165, 1.54) is 22.7 Å². The highest BCUT2D eigenvalue weighted by molar-refractivity contribution is 7.91. The Kier molecular flexibility index (Phi) is 4.52. The van der Waals surface area contributed by atoms with Crippen molar-refractivity contribution in [1.29, 1.82) is 0 Å². The Bertz CT molecular complexity index is 561. The van der Waals surface area contributed by atoms with Gasteiger partial charge in [0.05, 0.1) is 6.04 Å². The number of nitrogens with one attached hydrogen (secondary N) is 1. The van der Waals surface area contributed by atoms with E-state index in [9.17, 15) is 8.42 Å². The SMILES string of the molecule is O=S(=O)(N[C@@H](CCO)c1cccs1)c1cccs1. The topological polar surface area (TPSA) is 66.4 Å². The minimum absolute atomic E-state index is 0.0600. The first-order valence-electron chi connectivity index (χ1n) is 5.33. The van der Waals surface area contributed by atoms with Gasteiger partial charge in [0.15, 0.2) is 0 Å². The second-order valence-electron chi connectivity index (χ2n) is 3.63. The third-order valence-corrected chi connectivity index (χ3v) is 6.22. The van der Waals surface area contributed by atoms with Crippen LogP contribution in [-0.4, -0.2) is 20.1 Å². The van der Waals surface area contributed by atoms with E-state index in [-0.39, 0.29) is 12.6 Å². The number of sulfonamides is 1. The molecule has 0 aliphatic heterocycles. The van der Waals surface area contributed by atoms with Crippen LogP contribution < -0.4 is 4.72 Å². The van der Waals surface area contributed by atoms with Gasteiger partial charge in [0.25, 0.3) is 10.0 Å². The third kappa shape index (κ3) is 3.18. The van der Waals surface area contributed by atoms with Gasteiger partial charge in [0.1, 0.15) is 4.21 Å². The average Bonchev–Trinajstić information content (AvgIpc) is 3.02. The van der Waals surface area contributed by atoms with Gasteiger partial charge in [-0.2, -0.15) is 0 Å². The maximum absolute atomic E-state index is 12.1. The maximum Gasteiger partial charge on any atom is 0.250 e. The molecular formula is C11H13NO3S3. The van der Waals surface area contributed by atoms with Crippen LogP contribution in [0.5, 0.6) is 0 Å². The monoisotopic (exact) mass is 303 g/mol. The van der Waals surface area contributed by atoms with Gasteiger partial charge < -0.3 is 5.11 Å². The third-order valence-electron chi connectivity index (χ3n) is 2.36. The highest BCUT2D eigenvalue weighted by atomic mass is 32.2. The van der Waals surface area contributed by atoms with E-state index < -0.39 is 10.0 Å². The van der Waals surface area contributed by atoms with Gasteiger partial charge in [-0.15, -0.1) is 22.7 Å². The molecule has 0 radical (unpaired) electrons. The molecule has 0 spiro atoms. The molecule has 0 amide bonds. The lowest BCUT2D eigenvalue weighted by molar-refractivity contribution is 0.273. The van der Waals surface area contributed by atoms with Crippen molar-refractivity contribution in [2.24, 2.45) is 0 Å². The van der Waals surface area contributed by atoms with E-state index >= 15 is 0 Å². The van der Waals surface area contributed by atoms with Crippen LogP contribution in [0.2, 0.25) is 0 Å². The molecule has 2 heterocycles. The van der Waals surface area contributed by atoms with Crippen molar-refractivity contribution in [3.8, 4) is 0 Å². The Balaban J connectivity index is 2.20. The smallest absolute Gasteiger partial charge is 0.250 e. The van der Waals surface area contributed by atoms with Crippen LogP contribution in [0.1, 0.15) is 17.3 Å². The van der Waals surface area contributed by atoms with E-state index in [2.05, 4.69) is 4.72 Å². The standard InChI is InChI=1S/C11H13NO3S3/c13-6-5-9(10-3-1-7-16-10)12-18(14,15)11-4-2-8-17-11/h1-4,7-9,12-13H,5-6H2/t9-/m0/s1. The quantitative estimate of drug-likeness (QED) is 0.860. The first kappa shape index (κ1) is 13.7. The molecule has 2 rings (SSSR count). The molecule has 2 aromatic rings. The Morgan fingerprint density at radius 2 is 1.94 bits per heavy atom. The highest BCUT2D eigenvalue weighted by Gasteiger charge is 2.22. The van der Waals surface area contributed by atoms with Gasteiger partial charge in [-0.3, -0.25) is 0 Å². The first-order chi connectivity index (χ1) is 8.63. The second kappa shape index (κ2) is 5.94. The molecule has 2 aromatic heterocycles. The van der Waals surface area contributed by atoms with Crippen LogP contribution >= 0.6 is 22.7 Å². The Hall–Kier alpha value is -0.730. The van der Waals surface area contributed by atoms with Crippen molar-refractivity contribution >= 4 is 32.7 Å². The molecule has 0 bridgehead atoms. The summed E-state index contributed by atoms with van der Waals surface area (Å²) in [6.45, 7) is -0.0600. The normalized spacial score (nSPS) is 13.6. The number of aliphatic hydroxyl groups excluding tert-OH is 1. The Morgan fingerprint density at radius 3 is 2.50 bits per heavy atom. The molecular weight excluding hydrogens is 290 g/mol. The fourth-order valence-electron chi connectivity index (χ4n) is 1.54. The van der Waals surface area contributed by atoms with E-state index in [0.717, 1.165) is 4.88 Å². The van der Waals surface area contributed by atoms with E-state index in [4.69, 9.17) is 5.11 Å². The zero-order chi connectivity index (χ0) is 13.0.